The maximum atomic E-state index is 12.1. The van der Waals surface area contributed by atoms with Gasteiger partial charge in [0, 0.05) is 15.7 Å². The quantitative estimate of drug-likeness (QED) is 0.864. The van der Waals surface area contributed by atoms with E-state index in [0.717, 1.165) is 11.3 Å². The van der Waals surface area contributed by atoms with Crippen LogP contribution < -0.4 is 10.6 Å². The smallest absolute Gasteiger partial charge is 0.247 e. The molecule has 3 nitrogen and oxygen atoms in total. The maximum absolute atomic E-state index is 12.1. The number of hydrogen-bond acceptors (Lipinski definition) is 2. The van der Waals surface area contributed by atoms with Crippen molar-refractivity contribution in [3.63, 3.8) is 0 Å². The molecule has 2 N–H and O–H groups in total. The van der Waals surface area contributed by atoms with Gasteiger partial charge in [-0.3, -0.25) is 4.79 Å². The number of nitrogens with two attached hydrogens (primary N) is 1. The number of benzene rings is 2. The first-order valence-corrected chi connectivity index (χ1v) is 6.94. The molecule has 5 heteroatoms. The Kier molecular flexibility index (Phi) is 3.42. The van der Waals surface area contributed by atoms with Crippen LogP contribution in [0, 0.1) is 0 Å². The van der Waals surface area contributed by atoms with Gasteiger partial charge in [-0.2, -0.15) is 0 Å². The number of hydrogen-bond donors (Lipinski definition) is 1. The van der Waals surface area contributed by atoms with Crippen LogP contribution in [0.2, 0.25) is 10.0 Å². The zero-order chi connectivity index (χ0) is 14.3. The SMILES string of the molecule is N[C@H]1C(=O)N(c2ccc(Cl)cc2)[C@@H]1c1ccccc1Cl. The zero-order valence-electron chi connectivity index (χ0n) is 10.5. The summed E-state index contributed by atoms with van der Waals surface area (Å²) in [4.78, 5) is 13.7. The average Bonchev–Trinajstić information content (AvgIpc) is 2.46. The molecular weight excluding hydrogens is 295 g/mol. The van der Waals surface area contributed by atoms with Crippen LogP contribution in [0.15, 0.2) is 48.5 Å². The second-order valence-corrected chi connectivity index (χ2v) is 5.52. The Bertz CT molecular complexity index is 657. The molecule has 0 aromatic heterocycles. The van der Waals surface area contributed by atoms with Crippen molar-refractivity contribution in [1.29, 1.82) is 0 Å². The standard InChI is InChI=1S/C15H12Cl2N2O/c16-9-5-7-10(8-6-9)19-14(13(18)15(19)20)11-3-1-2-4-12(11)17/h1-8,13-14H,18H2/t13-,14-/m1/s1. The fourth-order valence-corrected chi connectivity index (χ4v) is 2.82. The maximum Gasteiger partial charge on any atom is 0.247 e. The first-order valence-electron chi connectivity index (χ1n) is 6.18. The minimum atomic E-state index is -0.564. The van der Waals surface area contributed by atoms with Gasteiger partial charge in [-0.15, -0.1) is 0 Å². The van der Waals surface area contributed by atoms with Gasteiger partial charge >= 0.3 is 0 Å². The molecule has 20 heavy (non-hydrogen) atoms. The van der Waals surface area contributed by atoms with Gasteiger partial charge < -0.3 is 10.6 Å². The summed E-state index contributed by atoms with van der Waals surface area (Å²) >= 11 is 12.1. The van der Waals surface area contributed by atoms with Crippen LogP contribution in [-0.4, -0.2) is 11.9 Å². The molecule has 0 spiro atoms. The summed E-state index contributed by atoms with van der Waals surface area (Å²) < 4.78 is 0. The molecule has 102 valence electrons. The van der Waals surface area contributed by atoms with Crippen LogP contribution >= 0.6 is 23.2 Å². The molecule has 2 aromatic rings. The molecule has 2 aromatic carbocycles. The Morgan fingerprint density at radius 3 is 2.30 bits per heavy atom. The highest BCUT2D eigenvalue weighted by atomic mass is 35.5. The Labute approximate surface area is 126 Å². The van der Waals surface area contributed by atoms with E-state index in [-0.39, 0.29) is 11.9 Å². The first-order chi connectivity index (χ1) is 9.59. The summed E-state index contributed by atoms with van der Waals surface area (Å²) in [5, 5.41) is 1.24. The fourth-order valence-electron chi connectivity index (χ4n) is 2.45. The lowest BCUT2D eigenvalue weighted by atomic mass is 9.88. The van der Waals surface area contributed by atoms with Crippen LogP contribution in [0.4, 0.5) is 5.69 Å². The van der Waals surface area contributed by atoms with Gasteiger partial charge in [-0.1, -0.05) is 41.4 Å². The normalized spacial score (nSPS) is 21.8. The van der Waals surface area contributed by atoms with E-state index in [1.165, 1.54) is 0 Å². The molecule has 0 aliphatic carbocycles. The summed E-state index contributed by atoms with van der Waals surface area (Å²) in [6, 6.07) is 13.7. The minimum Gasteiger partial charge on any atom is -0.318 e. The highest BCUT2D eigenvalue weighted by Gasteiger charge is 2.47. The van der Waals surface area contributed by atoms with Crippen molar-refractivity contribution in [3.8, 4) is 0 Å². The number of anilines is 1. The third-order valence-electron chi connectivity index (χ3n) is 3.47. The largest absolute Gasteiger partial charge is 0.318 e. The number of amides is 1. The van der Waals surface area contributed by atoms with Crippen LogP contribution in [0.5, 0.6) is 0 Å². The van der Waals surface area contributed by atoms with Crippen molar-refractivity contribution in [2.75, 3.05) is 4.90 Å². The predicted molar refractivity (Wildman–Crippen MR) is 81.1 cm³/mol. The Morgan fingerprint density at radius 2 is 1.65 bits per heavy atom. The summed E-state index contributed by atoms with van der Waals surface area (Å²) in [5.74, 6) is -0.114. The van der Waals surface area contributed by atoms with Crippen molar-refractivity contribution in [2.45, 2.75) is 12.1 Å². The Balaban J connectivity index is 2.00. The molecule has 1 saturated heterocycles. The number of carbonyl (C=O) groups is 1. The highest BCUT2D eigenvalue weighted by molar-refractivity contribution is 6.31. The van der Waals surface area contributed by atoms with E-state index in [1.807, 2.05) is 18.2 Å². The molecule has 1 heterocycles. The molecule has 0 unspecified atom stereocenters. The van der Waals surface area contributed by atoms with Gasteiger partial charge in [0.2, 0.25) is 5.91 Å². The average molecular weight is 307 g/mol. The van der Waals surface area contributed by atoms with E-state index in [2.05, 4.69) is 0 Å². The number of rotatable bonds is 2. The van der Waals surface area contributed by atoms with E-state index in [4.69, 9.17) is 28.9 Å². The predicted octanol–water partition coefficient (Wildman–Crippen LogP) is 3.41. The van der Waals surface area contributed by atoms with Crippen LogP contribution in [-0.2, 0) is 4.79 Å². The van der Waals surface area contributed by atoms with Gasteiger partial charge in [-0.25, -0.2) is 0 Å². The molecule has 1 aliphatic rings. The zero-order valence-corrected chi connectivity index (χ0v) is 12.0. The molecule has 0 saturated carbocycles. The molecule has 1 fully saturated rings. The van der Waals surface area contributed by atoms with E-state index in [1.54, 1.807) is 35.2 Å². The molecule has 1 amide bonds. The number of halogens is 2. The monoisotopic (exact) mass is 306 g/mol. The van der Waals surface area contributed by atoms with Crippen molar-refractivity contribution in [2.24, 2.45) is 5.73 Å². The van der Waals surface area contributed by atoms with Gasteiger partial charge in [0.05, 0.1) is 6.04 Å². The van der Waals surface area contributed by atoms with Crippen LogP contribution in [0.25, 0.3) is 0 Å². The summed E-state index contributed by atoms with van der Waals surface area (Å²) in [7, 11) is 0. The van der Waals surface area contributed by atoms with Gasteiger partial charge in [0.1, 0.15) is 6.04 Å². The lowest BCUT2D eigenvalue weighted by Gasteiger charge is -2.45. The molecule has 3 rings (SSSR count). The third kappa shape index (κ3) is 2.08. The second-order valence-electron chi connectivity index (χ2n) is 4.68. The van der Waals surface area contributed by atoms with E-state index < -0.39 is 6.04 Å². The van der Waals surface area contributed by atoms with Crippen molar-refractivity contribution in [1.82, 2.24) is 0 Å². The molecule has 2 atom stereocenters. The van der Waals surface area contributed by atoms with Crippen molar-refractivity contribution in [3.05, 3.63) is 64.1 Å². The van der Waals surface area contributed by atoms with Gasteiger partial charge in [-0.05, 0) is 35.9 Å². The minimum absolute atomic E-state index is 0.114. The Hall–Kier alpha value is -1.55. The van der Waals surface area contributed by atoms with E-state index in [9.17, 15) is 4.79 Å². The van der Waals surface area contributed by atoms with Crippen molar-refractivity contribution >= 4 is 34.8 Å². The first kappa shape index (κ1) is 13.4. The topological polar surface area (TPSA) is 46.3 Å². The molecule has 1 aliphatic heterocycles. The number of carbonyl (C=O) groups excluding carboxylic acids is 1. The van der Waals surface area contributed by atoms with Gasteiger partial charge in [0.15, 0.2) is 0 Å². The molecule has 0 bridgehead atoms. The third-order valence-corrected chi connectivity index (χ3v) is 4.07. The van der Waals surface area contributed by atoms with Crippen LogP contribution in [0.3, 0.4) is 0 Å². The second kappa shape index (κ2) is 5.09. The Morgan fingerprint density at radius 1 is 1.00 bits per heavy atom. The van der Waals surface area contributed by atoms with Gasteiger partial charge in [0.25, 0.3) is 0 Å². The van der Waals surface area contributed by atoms with E-state index >= 15 is 0 Å². The summed E-state index contributed by atoms with van der Waals surface area (Å²) in [5.41, 5.74) is 7.58. The summed E-state index contributed by atoms with van der Waals surface area (Å²) in [6.07, 6.45) is 0. The summed E-state index contributed by atoms with van der Waals surface area (Å²) in [6.45, 7) is 0. The molecular formula is C15H12Cl2N2O. The fraction of sp³-hybridized carbons (Fsp3) is 0.133. The van der Waals surface area contributed by atoms with E-state index in [0.29, 0.717) is 10.0 Å². The van der Waals surface area contributed by atoms with Crippen LogP contribution in [0.1, 0.15) is 11.6 Å². The lowest BCUT2D eigenvalue weighted by Crippen LogP contribution is -2.63. The molecule has 0 radical (unpaired) electrons. The highest BCUT2D eigenvalue weighted by Crippen LogP contribution is 2.40. The number of nitrogens with zero attached hydrogens (tertiary/aromatic N) is 1. The lowest BCUT2D eigenvalue weighted by molar-refractivity contribution is -0.126. The van der Waals surface area contributed by atoms with Crippen molar-refractivity contribution < 1.29 is 4.79 Å². The number of β-lactam (4-membered cyclic amide) rings is 1.